The first-order valence-electron chi connectivity index (χ1n) is 6.70. The summed E-state index contributed by atoms with van der Waals surface area (Å²) in [4.78, 5) is 25.2. The fraction of sp³-hybridized carbons (Fsp3) is 0.333. The molecule has 1 N–H and O–H groups in total. The zero-order chi connectivity index (χ0) is 15.2. The first-order valence-corrected chi connectivity index (χ1v) is 6.70. The standard InChI is InChI=1S/C15H17FN2O3/c1-11-10-18(8-9-21-11)15(20)7-6-14(19)17-13-4-2-12(16)3-5-13/h2-7,11H,8-10H2,1H3,(H,17,19)/b7-6+. The van der Waals surface area contributed by atoms with Crippen molar-refractivity contribution in [2.75, 3.05) is 25.0 Å². The number of carbonyl (C=O) groups is 2. The topological polar surface area (TPSA) is 58.6 Å². The van der Waals surface area contributed by atoms with Crippen molar-refractivity contribution in [2.24, 2.45) is 0 Å². The van der Waals surface area contributed by atoms with Gasteiger partial charge in [-0.2, -0.15) is 0 Å². The lowest BCUT2D eigenvalue weighted by atomic mass is 10.3. The highest BCUT2D eigenvalue weighted by Crippen LogP contribution is 2.08. The molecule has 21 heavy (non-hydrogen) atoms. The average Bonchev–Trinajstić information content (AvgIpc) is 2.47. The van der Waals surface area contributed by atoms with Gasteiger partial charge < -0.3 is 15.0 Å². The predicted octanol–water partition coefficient (Wildman–Crippen LogP) is 1.57. The van der Waals surface area contributed by atoms with E-state index in [1.165, 1.54) is 36.4 Å². The van der Waals surface area contributed by atoms with Crippen LogP contribution in [-0.4, -0.2) is 42.5 Å². The average molecular weight is 292 g/mol. The summed E-state index contributed by atoms with van der Waals surface area (Å²) in [6.07, 6.45) is 2.41. The van der Waals surface area contributed by atoms with Gasteiger partial charge in [-0.1, -0.05) is 0 Å². The summed E-state index contributed by atoms with van der Waals surface area (Å²) in [6, 6.07) is 5.40. The van der Waals surface area contributed by atoms with Crippen molar-refractivity contribution in [1.82, 2.24) is 4.90 Å². The third-order valence-corrected chi connectivity index (χ3v) is 3.04. The summed E-state index contributed by atoms with van der Waals surface area (Å²) in [5.74, 6) is -1.03. The maximum absolute atomic E-state index is 12.7. The molecule has 0 saturated carbocycles. The Bertz CT molecular complexity index is 542. The Morgan fingerprint density at radius 1 is 1.33 bits per heavy atom. The lowest BCUT2D eigenvalue weighted by Gasteiger charge is -2.30. The van der Waals surface area contributed by atoms with Gasteiger partial charge in [-0.05, 0) is 31.2 Å². The van der Waals surface area contributed by atoms with Gasteiger partial charge in [-0.25, -0.2) is 4.39 Å². The quantitative estimate of drug-likeness (QED) is 0.860. The number of nitrogens with zero attached hydrogens (tertiary/aromatic N) is 1. The number of halogens is 1. The number of anilines is 1. The summed E-state index contributed by atoms with van der Waals surface area (Å²) >= 11 is 0. The second-order valence-corrected chi connectivity index (χ2v) is 4.80. The first-order chi connectivity index (χ1) is 10.0. The van der Waals surface area contributed by atoms with Gasteiger partial charge in [0.15, 0.2) is 0 Å². The molecule has 1 aliphatic heterocycles. The van der Waals surface area contributed by atoms with Crippen molar-refractivity contribution in [3.05, 3.63) is 42.2 Å². The number of carbonyl (C=O) groups excluding carboxylic acids is 2. The Hall–Kier alpha value is -2.21. The van der Waals surface area contributed by atoms with E-state index < -0.39 is 5.91 Å². The van der Waals surface area contributed by atoms with E-state index in [0.29, 0.717) is 25.4 Å². The van der Waals surface area contributed by atoms with Crippen LogP contribution in [0.25, 0.3) is 0 Å². The van der Waals surface area contributed by atoms with E-state index in [2.05, 4.69) is 5.32 Å². The van der Waals surface area contributed by atoms with Gasteiger partial charge in [0.2, 0.25) is 11.8 Å². The Balaban J connectivity index is 1.86. The zero-order valence-corrected chi connectivity index (χ0v) is 11.7. The molecular weight excluding hydrogens is 275 g/mol. The summed E-state index contributed by atoms with van der Waals surface area (Å²) < 4.78 is 18.1. The normalized spacial score (nSPS) is 18.8. The minimum absolute atomic E-state index is 0.00383. The fourth-order valence-electron chi connectivity index (χ4n) is 1.99. The Labute approximate surface area is 122 Å². The predicted molar refractivity (Wildman–Crippen MR) is 76.2 cm³/mol. The molecule has 5 nitrogen and oxygen atoms in total. The number of hydrogen-bond donors (Lipinski definition) is 1. The Morgan fingerprint density at radius 3 is 2.71 bits per heavy atom. The number of amides is 2. The van der Waals surface area contributed by atoms with Crippen LogP contribution in [0.1, 0.15) is 6.92 Å². The third-order valence-electron chi connectivity index (χ3n) is 3.04. The van der Waals surface area contributed by atoms with Crippen molar-refractivity contribution >= 4 is 17.5 Å². The van der Waals surface area contributed by atoms with Crippen LogP contribution < -0.4 is 5.32 Å². The highest BCUT2D eigenvalue weighted by molar-refractivity contribution is 6.03. The molecule has 0 bridgehead atoms. The van der Waals surface area contributed by atoms with Gasteiger partial charge in [0.1, 0.15) is 5.82 Å². The van der Waals surface area contributed by atoms with E-state index in [-0.39, 0.29) is 17.8 Å². The second kappa shape index (κ2) is 6.99. The number of benzene rings is 1. The second-order valence-electron chi connectivity index (χ2n) is 4.80. The molecule has 1 saturated heterocycles. The summed E-state index contributed by atoms with van der Waals surface area (Å²) in [5, 5.41) is 2.55. The number of morpholine rings is 1. The van der Waals surface area contributed by atoms with Crippen LogP contribution in [-0.2, 0) is 14.3 Å². The lowest BCUT2D eigenvalue weighted by Crippen LogP contribution is -2.43. The van der Waals surface area contributed by atoms with Crippen molar-refractivity contribution in [2.45, 2.75) is 13.0 Å². The van der Waals surface area contributed by atoms with Crippen molar-refractivity contribution in [3.8, 4) is 0 Å². The van der Waals surface area contributed by atoms with Crippen molar-refractivity contribution in [3.63, 3.8) is 0 Å². The SMILES string of the molecule is CC1CN(C(=O)/C=C/C(=O)Nc2ccc(F)cc2)CCO1. The van der Waals surface area contributed by atoms with Crippen LogP contribution in [0.15, 0.2) is 36.4 Å². The Kier molecular flexibility index (Phi) is 5.05. The van der Waals surface area contributed by atoms with E-state index in [9.17, 15) is 14.0 Å². The molecule has 1 unspecified atom stereocenters. The lowest BCUT2D eigenvalue weighted by molar-refractivity contribution is -0.133. The summed E-state index contributed by atoms with van der Waals surface area (Å²) in [7, 11) is 0. The largest absolute Gasteiger partial charge is 0.375 e. The highest BCUT2D eigenvalue weighted by Gasteiger charge is 2.19. The van der Waals surface area contributed by atoms with E-state index in [1.807, 2.05) is 6.92 Å². The van der Waals surface area contributed by atoms with E-state index in [0.717, 1.165) is 0 Å². The third kappa shape index (κ3) is 4.68. The van der Waals surface area contributed by atoms with Crippen LogP contribution in [0.2, 0.25) is 0 Å². The molecule has 1 aromatic carbocycles. The van der Waals surface area contributed by atoms with E-state index in [1.54, 1.807) is 4.90 Å². The summed E-state index contributed by atoms with van der Waals surface area (Å²) in [6.45, 7) is 3.43. The van der Waals surface area contributed by atoms with Crippen LogP contribution >= 0.6 is 0 Å². The zero-order valence-electron chi connectivity index (χ0n) is 11.7. The molecule has 0 radical (unpaired) electrons. The monoisotopic (exact) mass is 292 g/mol. The fourth-order valence-corrected chi connectivity index (χ4v) is 1.99. The van der Waals surface area contributed by atoms with Crippen molar-refractivity contribution < 1.29 is 18.7 Å². The number of ether oxygens (including phenoxy) is 1. The molecule has 2 rings (SSSR count). The molecule has 1 aromatic rings. The molecule has 112 valence electrons. The van der Waals surface area contributed by atoms with Crippen molar-refractivity contribution in [1.29, 1.82) is 0 Å². The molecule has 1 atom stereocenters. The molecular formula is C15H17FN2O3. The van der Waals surface area contributed by atoms with Gasteiger partial charge in [0, 0.05) is 30.9 Å². The molecule has 1 aliphatic rings. The molecule has 1 heterocycles. The minimum atomic E-state index is -0.434. The molecule has 6 heteroatoms. The number of rotatable bonds is 3. The van der Waals surface area contributed by atoms with Gasteiger partial charge in [0.05, 0.1) is 12.7 Å². The van der Waals surface area contributed by atoms with Gasteiger partial charge >= 0.3 is 0 Å². The Morgan fingerprint density at radius 2 is 2.05 bits per heavy atom. The van der Waals surface area contributed by atoms with Crippen LogP contribution in [0.4, 0.5) is 10.1 Å². The minimum Gasteiger partial charge on any atom is -0.375 e. The maximum atomic E-state index is 12.7. The number of nitrogens with one attached hydrogen (secondary N) is 1. The van der Waals surface area contributed by atoms with E-state index >= 15 is 0 Å². The molecule has 2 amide bonds. The van der Waals surface area contributed by atoms with Crippen LogP contribution in [0, 0.1) is 5.82 Å². The van der Waals surface area contributed by atoms with E-state index in [4.69, 9.17) is 4.74 Å². The van der Waals surface area contributed by atoms with Gasteiger partial charge in [-0.15, -0.1) is 0 Å². The maximum Gasteiger partial charge on any atom is 0.248 e. The molecule has 0 spiro atoms. The van der Waals surface area contributed by atoms with Crippen LogP contribution in [0.5, 0.6) is 0 Å². The van der Waals surface area contributed by atoms with Gasteiger partial charge in [-0.3, -0.25) is 9.59 Å². The molecule has 0 aliphatic carbocycles. The molecule has 1 fully saturated rings. The smallest absolute Gasteiger partial charge is 0.248 e. The molecule has 0 aromatic heterocycles. The van der Waals surface area contributed by atoms with Crippen LogP contribution in [0.3, 0.4) is 0 Å². The first kappa shape index (κ1) is 15.2. The number of hydrogen-bond acceptors (Lipinski definition) is 3. The summed E-state index contributed by atoms with van der Waals surface area (Å²) in [5.41, 5.74) is 0.471. The highest BCUT2D eigenvalue weighted by atomic mass is 19.1. The van der Waals surface area contributed by atoms with Gasteiger partial charge in [0.25, 0.3) is 0 Å².